The number of aliphatic hydroxyl groups is 1. The van der Waals surface area contributed by atoms with Crippen molar-refractivity contribution in [2.24, 2.45) is 5.10 Å². The second-order valence-electron chi connectivity index (χ2n) is 10.0. The number of hydrazone groups is 1. The summed E-state index contributed by atoms with van der Waals surface area (Å²) in [6, 6.07) is 3.60. The van der Waals surface area contributed by atoms with Gasteiger partial charge in [-0.15, -0.1) is 6.58 Å². The topological polar surface area (TPSA) is 116 Å². The molecule has 1 atom stereocenters. The molecule has 12 nitrogen and oxygen atoms in total. The number of rotatable bonds is 7. The van der Waals surface area contributed by atoms with Gasteiger partial charge in [0.05, 0.1) is 24.4 Å². The van der Waals surface area contributed by atoms with Crippen LogP contribution >= 0.6 is 11.6 Å². The van der Waals surface area contributed by atoms with Gasteiger partial charge in [-0.2, -0.15) is 10.1 Å². The summed E-state index contributed by atoms with van der Waals surface area (Å²) in [6.45, 7) is 11.4. The van der Waals surface area contributed by atoms with E-state index in [9.17, 15) is 9.90 Å². The molecular formula is C27H34ClN9O3. The van der Waals surface area contributed by atoms with Gasteiger partial charge < -0.3 is 25.0 Å². The predicted molar refractivity (Wildman–Crippen MR) is 158 cm³/mol. The van der Waals surface area contributed by atoms with Gasteiger partial charge in [-0.3, -0.25) is 9.80 Å². The van der Waals surface area contributed by atoms with Crippen LogP contribution in [-0.2, 0) is 6.54 Å². The number of methoxy groups -OCH3 is 1. The highest BCUT2D eigenvalue weighted by Gasteiger charge is 2.25. The Kier molecular flexibility index (Phi) is 7.83. The SMILES string of the molecule is C=CCn1c(=O)c2cnc(Nc3cc(Cl)c(N4CCN(C)CC4)c(OC)c3)nc2n1C1=NN(C(C)C)C(O)C=C1. The standard InChI is InChI=1S/C27H34ClN9O3/c1-6-9-35-26(39)19-16-29-27(31-25(19)37(35)22-7-8-23(38)36(32-22)17(2)3)30-18-14-20(28)24(21(15-18)40-5)34-12-10-33(4)11-13-34/h6-8,14-17,23,38H,1,9-13H2,2-5H3,(H,29,30,31). The Morgan fingerprint density at radius 3 is 2.70 bits per heavy atom. The van der Waals surface area contributed by atoms with Crippen LogP contribution in [0.4, 0.5) is 17.3 Å². The van der Waals surface area contributed by atoms with Crippen molar-refractivity contribution >= 4 is 45.8 Å². The third kappa shape index (κ3) is 5.17. The van der Waals surface area contributed by atoms with Gasteiger partial charge in [0.15, 0.2) is 17.7 Å². The van der Waals surface area contributed by atoms with Gasteiger partial charge in [-0.25, -0.2) is 14.3 Å². The zero-order valence-corrected chi connectivity index (χ0v) is 23.8. The van der Waals surface area contributed by atoms with Crippen molar-refractivity contribution < 1.29 is 9.84 Å². The van der Waals surface area contributed by atoms with E-state index in [1.54, 1.807) is 35.0 Å². The molecule has 0 aliphatic carbocycles. The normalized spacial score (nSPS) is 18.0. The van der Waals surface area contributed by atoms with Crippen LogP contribution in [0.2, 0.25) is 5.02 Å². The van der Waals surface area contributed by atoms with E-state index in [2.05, 4.69) is 38.8 Å². The number of allylic oxidation sites excluding steroid dienone is 2. The summed E-state index contributed by atoms with van der Waals surface area (Å²) in [4.78, 5) is 26.9. The first-order chi connectivity index (χ1) is 19.2. The number of aromatic nitrogens is 4. The molecule has 1 saturated heterocycles. The van der Waals surface area contributed by atoms with Crippen LogP contribution in [0, 0.1) is 0 Å². The Hall–Kier alpha value is -3.87. The summed E-state index contributed by atoms with van der Waals surface area (Å²) >= 11 is 6.76. The molecule has 5 rings (SSSR count). The molecule has 0 spiro atoms. The first-order valence-electron chi connectivity index (χ1n) is 13.1. The molecule has 1 fully saturated rings. The summed E-state index contributed by atoms with van der Waals surface area (Å²) in [6.07, 6.45) is 5.53. The molecule has 4 heterocycles. The Morgan fingerprint density at radius 2 is 2.02 bits per heavy atom. The molecule has 0 saturated carbocycles. The number of hydrogen-bond acceptors (Lipinski definition) is 10. The van der Waals surface area contributed by atoms with Crippen LogP contribution in [-0.4, -0.2) is 92.8 Å². The molecule has 212 valence electrons. The van der Waals surface area contributed by atoms with E-state index in [-0.39, 0.29) is 24.1 Å². The summed E-state index contributed by atoms with van der Waals surface area (Å²) in [5.74, 6) is 1.34. The molecule has 3 aromatic rings. The van der Waals surface area contributed by atoms with E-state index >= 15 is 0 Å². The van der Waals surface area contributed by atoms with Crippen LogP contribution in [0.5, 0.6) is 5.75 Å². The zero-order valence-electron chi connectivity index (χ0n) is 23.1. The summed E-state index contributed by atoms with van der Waals surface area (Å²) in [5, 5.41) is 20.6. The van der Waals surface area contributed by atoms with Crippen molar-refractivity contribution in [2.45, 2.75) is 32.7 Å². The van der Waals surface area contributed by atoms with Gasteiger partial charge in [0.25, 0.3) is 5.56 Å². The maximum absolute atomic E-state index is 13.3. The van der Waals surface area contributed by atoms with Gasteiger partial charge in [0.1, 0.15) is 11.1 Å². The number of fused-ring (bicyclic) bond motifs is 1. The second-order valence-corrected chi connectivity index (χ2v) is 10.5. The largest absolute Gasteiger partial charge is 0.494 e. The molecule has 2 N–H and O–H groups in total. The van der Waals surface area contributed by atoms with Crippen LogP contribution in [0.3, 0.4) is 0 Å². The number of halogens is 1. The van der Waals surface area contributed by atoms with E-state index < -0.39 is 6.23 Å². The summed E-state index contributed by atoms with van der Waals surface area (Å²) < 4.78 is 8.82. The number of nitrogens with zero attached hydrogens (tertiary/aromatic N) is 8. The van der Waals surface area contributed by atoms with Crippen LogP contribution < -0.4 is 20.5 Å². The van der Waals surface area contributed by atoms with Gasteiger partial charge in [-0.1, -0.05) is 17.7 Å². The van der Waals surface area contributed by atoms with E-state index in [1.165, 1.54) is 10.9 Å². The first kappa shape index (κ1) is 27.7. The molecule has 2 aliphatic heterocycles. The number of hydrogen-bond donors (Lipinski definition) is 2. The molecule has 13 heteroatoms. The summed E-state index contributed by atoms with van der Waals surface area (Å²) in [7, 11) is 3.72. The molecule has 1 unspecified atom stereocenters. The van der Waals surface area contributed by atoms with Crippen molar-refractivity contribution in [1.29, 1.82) is 0 Å². The molecule has 0 bridgehead atoms. The minimum atomic E-state index is -0.870. The number of anilines is 3. The van der Waals surface area contributed by atoms with Crippen molar-refractivity contribution in [3.05, 3.63) is 58.5 Å². The Labute approximate surface area is 237 Å². The van der Waals surface area contributed by atoms with Gasteiger partial charge in [0, 0.05) is 50.2 Å². The third-order valence-electron chi connectivity index (χ3n) is 6.95. The van der Waals surface area contributed by atoms with E-state index in [0.29, 0.717) is 33.3 Å². The Morgan fingerprint density at radius 1 is 1.27 bits per heavy atom. The highest BCUT2D eigenvalue weighted by Crippen LogP contribution is 2.39. The average molecular weight is 568 g/mol. The fraction of sp³-hybridized carbons (Fsp3) is 0.407. The number of aliphatic hydroxyl groups excluding tert-OH is 1. The monoisotopic (exact) mass is 567 g/mol. The minimum absolute atomic E-state index is 0.0725. The van der Waals surface area contributed by atoms with E-state index in [1.807, 2.05) is 26.0 Å². The lowest BCUT2D eigenvalue weighted by molar-refractivity contribution is 0.0188. The molecule has 1 aromatic carbocycles. The number of likely N-dealkylation sites (N-methyl/N-ethyl adjacent to an activating group) is 1. The fourth-order valence-electron chi connectivity index (χ4n) is 4.88. The first-order valence-corrected chi connectivity index (χ1v) is 13.5. The molecule has 40 heavy (non-hydrogen) atoms. The highest BCUT2D eigenvalue weighted by molar-refractivity contribution is 6.34. The quantitative estimate of drug-likeness (QED) is 0.416. The maximum Gasteiger partial charge on any atom is 0.278 e. The van der Waals surface area contributed by atoms with Gasteiger partial charge in [-0.05, 0) is 39.1 Å². The smallest absolute Gasteiger partial charge is 0.278 e. The van der Waals surface area contributed by atoms with Gasteiger partial charge in [0.2, 0.25) is 5.95 Å². The third-order valence-corrected chi connectivity index (χ3v) is 7.24. The Balaban J connectivity index is 1.54. The predicted octanol–water partition coefficient (Wildman–Crippen LogP) is 2.70. The fourth-order valence-corrected chi connectivity index (χ4v) is 5.21. The molecule has 2 aliphatic rings. The minimum Gasteiger partial charge on any atom is -0.494 e. The lowest BCUT2D eigenvalue weighted by Crippen LogP contribution is -2.44. The number of nitrogens with one attached hydrogen (secondary N) is 1. The number of ether oxygens (including phenoxy) is 1. The maximum atomic E-state index is 13.3. The van der Waals surface area contributed by atoms with Crippen molar-refractivity contribution in [3.63, 3.8) is 0 Å². The summed E-state index contributed by atoms with van der Waals surface area (Å²) in [5.41, 5.74) is 1.58. The van der Waals surface area contributed by atoms with Gasteiger partial charge >= 0.3 is 0 Å². The highest BCUT2D eigenvalue weighted by atomic mass is 35.5. The van der Waals surface area contributed by atoms with Crippen molar-refractivity contribution in [1.82, 2.24) is 29.2 Å². The van der Waals surface area contributed by atoms with Crippen LogP contribution in [0.15, 0.2) is 53.0 Å². The van der Waals surface area contributed by atoms with E-state index in [0.717, 1.165) is 31.9 Å². The zero-order chi connectivity index (χ0) is 28.6. The van der Waals surface area contributed by atoms with E-state index in [4.69, 9.17) is 21.3 Å². The number of benzene rings is 1. The van der Waals surface area contributed by atoms with Crippen molar-refractivity contribution in [2.75, 3.05) is 50.6 Å². The lowest BCUT2D eigenvalue weighted by Gasteiger charge is -2.35. The van der Waals surface area contributed by atoms with Crippen LogP contribution in [0.25, 0.3) is 11.0 Å². The molecule has 0 amide bonds. The average Bonchev–Trinajstić information content (AvgIpc) is 3.20. The molecule has 0 radical (unpaired) electrons. The lowest BCUT2D eigenvalue weighted by atomic mass is 10.2. The number of piperazine rings is 1. The molecule has 2 aromatic heterocycles. The molecular weight excluding hydrogens is 534 g/mol. The Bertz CT molecular complexity index is 1540. The second kappa shape index (κ2) is 11.3. The van der Waals surface area contributed by atoms with Crippen molar-refractivity contribution in [3.8, 4) is 5.75 Å². The van der Waals surface area contributed by atoms with Crippen LogP contribution in [0.1, 0.15) is 13.8 Å².